The van der Waals surface area contributed by atoms with E-state index in [1.165, 1.54) is 0 Å². The molecule has 0 atom stereocenters. The molecule has 0 aliphatic rings. The van der Waals surface area contributed by atoms with Gasteiger partial charge in [0.15, 0.2) is 0 Å². The molecule has 0 aliphatic heterocycles. The molecule has 0 amide bonds. The number of nitrogens with one attached hydrogen (secondary N) is 1. The van der Waals surface area contributed by atoms with Crippen LogP contribution in [0.4, 0.5) is 0 Å². The van der Waals surface area contributed by atoms with Crippen molar-refractivity contribution < 1.29 is 19.3 Å². The van der Waals surface area contributed by atoms with Gasteiger partial charge in [-0.25, -0.2) is 13.1 Å². The Balaban J connectivity index is -0.000000616. The third-order valence-corrected chi connectivity index (χ3v) is 2.02. The highest BCUT2D eigenvalue weighted by molar-refractivity contribution is 7.88. The van der Waals surface area contributed by atoms with Crippen LogP contribution in [0.25, 0.3) is 0 Å². The van der Waals surface area contributed by atoms with Crippen LogP contribution in [-0.4, -0.2) is 47.1 Å². The van der Waals surface area contributed by atoms with E-state index in [0.717, 1.165) is 6.26 Å². The largest absolute Gasteiger partial charge is 0.378 e. The Morgan fingerprint density at radius 1 is 1.19 bits per heavy atom. The SMILES string of the molecule is CC.CC(C)OCCOCCNS(C)(=O)=O.[HH]. The topological polar surface area (TPSA) is 64.6 Å². The van der Waals surface area contributed by atoms with E-state index in [0.29, 0.717) is 26.4 Å². The molecule has 0 radical (unpaired) electrons. The molecular formula is C10H27NO4S. The van der Waals surface area contributed by atoms with Crippen molar-refractivity contribution in [3.8, 4) is 0 Å². The van der Waals surface area contributed by atoms with Crippen molar-refractivity contribution in [2.45, 2.75) is 33.8 Å². The molecule has 0 saturated carbocycles. The highest BCUT2D eigenvalue weighted by Crippen LogP contribution is 1.86. The van der Waals surface area contributed by atoms with E-state index in [2.05, 4.69) is 4.72 Å². The van der Waals surface area contributed by atoms with Crippen LogP contribution in [0.1, 0.15) is 29.1 Å². The minimum absolute atomic E-state index is 0. The summed E-state index contributed by atoms with van der Waals surface area (Å²) in [5.41, 5.74) is 0. The molecule has 0 saturated heterocycles. The van der Waals surface area contributed by atoms with E-state index < -0.39 is 10.0 Å². The maximum absolute atomic E-state index is 10.6. The summed E-state index contributed by atoms with van der Waals surface area (Å²) in [5.74, 6) is 0. The third-order valence-electron chi connectivity index (χ3n) is 1.29. The summed E-state index contributed by atoms with van der Waals surface area (Å²) in [6.07, 6.45) is 1.32. The fourth-order valence-corrected chi connectivity index (χ4v) is 1.20. The number of hydrogen-bond acceptors (Lipinski definition) is 4. The number of rotatable bonds is 8. The molecule has 0 aromatic heterocycles. The normalized spacial score (nSPS) is 11.1. The first kappa shape index (κ1) is 18.2. The lowest BCUT2D eigenvalue weighted by atomic mass is 10.5. The Labute approximate surface area is 101 Å². The standard InChI is InChI=1S/C8H19NO4S.C2H6.H2/c1-8(2)13-7-6-12-5-4-9-14(3,10)11;1-2;/h8-9H,4-7H2,1-3H3;1-2H3;1H. The Morgan fingerprint density at radius 2 is 1.75 bits per heavy atom. The van der Waals surface area contributed by atoms with Gasteiger partial charge in [0.05, 0.1) is 32.2 Å². The van der Waals surface area contributed by atoms with Crippen molar-refractivity contribution in [1.29, 1.82) is 0 Å². The fourth-order valence-electron chi connectivity index (χ4n) is 0.744. The van der Waals surface area contributed by atoms with Crippen molar-refractivity contribution in [3.63, 3.8) is 0 Å². The monoisotopic (exact) mass is 257 g/mol. The maximum Gasteiger partial charge on any atom is 0.208 e. The molecule has 0 fully saturated rings. The summed E-state index contributed by atoms with van der Waals surface area (Å²) in [6.45, 7) is 9.60. The van der Waals surface area contributed by atoms with Crippen molar-refractivity contribution in [1.82, 2.24) is 4.72 Å². The Morgan fingerprint density at radius 3 is 2.19 bits per heavy atom. The van der Waals surface area contributed by atoms with Crippen LogP contribution < -0.4 is 4.72 Å². The Bertz CT molecular complexity index is 232. The zero-order chi connectivity index (χ0) is 13.0. The Kier molecular flexibility index (Phi) is 12.9. The lowest BCUT2D eigenvalue weighted by Crippen LogP contribution is -2.26. The second-order valence-electron chi connectivity index (χ2n) is 3.20. The summed E-state index contributed by atoms with van der Waals surface area (Å²) in [7, 11) is -3.09. The van der Waals surface area contributed by atoms with E-state index in [9.17, 15) is 8.42 Å². The average molecular weight is 257 g/mol. The summed E-state index contributed by atoms with van der Waals surface area (Å²) < 4.78 is 33.9. The number of hydrogen-bond donors (Lipinski definition) is 1. The molecular weight excluding hydrogens is 230 g/mol. The number of ether oxygens (including phenoxy) is 2. The molecule has 102 valence electrons. The second-order valence-corrected chi connectivity index (χ2v) is 5.03. The predicted molar refractivity (Wildman–Crippen MR) is 68.2 cm³/mol. The van der Waals surface area contributed by atoms with E-state index >= 15 is 0 Å². The van der Waals surface area contributed by atoms with Crippen LogP contribution in [0.2, 0.25) is 0 Å². The van der Waals surface area contributed by atoms with Gasteiger partial charge in [-0.1, -0.05) is 13.8 Å². The zero-order valence-electron chi connectivity index (χ0n) is 10.9. The Hall–Kier alpha value is -0.170. The molecule has 1 N–H and O–H groups in total. The van der Waals surface area contributed by atoms with Crippen molar-refractivity contribution >= 4 is 10.0 Å². The molecule has 0 aliphatic carbocycles. The van der Waals surface area contributed by atoms with E-state index in [-0.39, 0.29) is 7.53 Å². The van der Waals surface area contributed by atoms with E-state index in [1.54, 1.807) is 0 Å². The summed E-state index contributed by atoms with van der Waals surface area (Å²) in [5, 5.41) is 0. The maximum atomic E-state index is 10.6. The highest BCUT2D eigenvalue weighted by Gasteiger charge is 1.98. The molecule has 0 unspecified atom stereocenters. The first-order valence-electron chi connectivity index (χ1n) is 5.56. The van der Waals surface area contributed by atoms with Crippen molar-refractivity contribution in [2.24, 2.45) is 0 Å². The average Bonchev–Trinajstić information content (AvgIpc) is 2.17. The lowest BCUT2D eigenvalue weighted by molar-refractivity contribution is 0.0212. The van der Waals surface area contributed by atoms with Crippen LogP contribution in [-0.2, 0) is 19.5 Å². The van der Waals surface area contributed by atoms with Gasteiger partial charge in [-0.05, 0) is 13.8 Å². The first-order chi connectivity index (χ1) is 7.42. The van der Waals surface area contributed by atoms with Gasteiger partial charge < -0.3 is 9.47 Å². The van der Waals surface area contributed by atoms with Gasteiger partial charge in [0.25, 0.3) is 0 Å². The van der Waals surface area contributed by atoms with Crippen LogP contribution in [0.3, 0.4) is 0 Å². The molecule has 0 aromatic rings. The first-order valence-corrected chi connectivity index (χ1v) is 7.45. The van der Waals surface area contributed by atoms with Gasteiger partial charge in [-0.2, -0.15) is 0 Å². The summed E-state index contributed by atoms with van der Waals surface area (Å²) in [4.78, 5) is 0. The molecule has 0 rings (SSSR count). The smallest absolute Gasteiger partial charge is 0.208 e. The van der Waals surface area contributed by atoms with Crippen molar-refractivity contribution in [3.05, 3.63) is 0 Å². The second kappa shape index (κ2) is 11.3. The highest BCUT2D eigenvalue weighted by atomic mass is 32.2. The third kappa shape index (κ3) is 19.4. The van der Waals surface area contributed by atoms with Gasteiger partial charge in [0.2, 0.25) is 10.0 Å². The molecule has 0 bridgehead atoms. The van der Waals surface area contributed by atoms with Crippen molar-refractivity contribution in [2.75, 3.05) is 32.6 Å². The molecule has 6 heteroatoms. The van der Waals surface area contributed by atoms with E-state index in [4.69, 9.17) is 9.47 Å². The van der Waals surface area contributed by atoms with E-state index in [1.807, 2.05) is 27.7 Å². The molecule has 0 aromatic carbocycles. The van der Waals surface area contributed by atoms with Crippen LogP contribution in [0.5, 0.6) is 0 Å². The molecule has 5 nitrogen and oxygen atoms in total. The van der Waals surface area contributed by atoms with Crippen LogP contribution in [0, 0.1) is 0 Å². The minimum Gasteiger partial charge on any atom is -0.378 e. The zero-order valence-corrected chi connectivity index (χ0v) is 11.8. The van der Waals surface area contributed by atoms with Gasteiger partial charge in [0.1, 0.15) is 0 Å². The van der Waals surface area contributed by atoms with Crippen LogP contribution >= 0.6 is 0 Å². The van der Waals surface area contributed by atoms with Gasteiger partial charge >= 0.3 is 0 Å². The van der Waals surface area contributed by atoms with Gasteiger partial charge in [0, 0.05) is 7.97 Å². The number of sulfonamides is 1. The lowest BCUT2D eigenvalue weighted by Gasteiger charge is -2.08. The quantitative estimate of drug-likeness (QED) is 0.665. The molecule has 16 heavy (non-hydrogen) atoms. The summed E-state index contributed by atoms with van der Waals surface area (Å²) in [6, 6.07) is 0. The molecule has 0 spiro atoms. The summed E-state index contributed by atoms with van der Waals surface area (Å²) >= 11 is 0. The fraction of sp³-hybridized carbons (Fsp3) is 1.00. The minimum atomic E-state index is -3.09. The van der Waals surface area contributed by atoms with Crippen LogP contribution in [0.15, 0.2) is 0 Å². The predicted octanol–water partition coefficient (Wildman–Crippen LogP) is 1.25. The van der Waals surface area contributed by atoms with Gasteiger partial charge in [-0.3, -0.25) is 0 Å². The molecule has 0 heterocycles. The van der Waals surface area contributed by atoms with Gasteiger partial charge in [-0.15, -0.1) is 0 Å².